The third-order valence-electron chi connectivity index (χ3n) is 4.28. The maximum Gasteiger partial charge on any atom is 0.265 e. The topological polar surface area (TPSA) is 70.2 Å². The molecule has 9 heteroatoms. The lowest BCUT2D eigenvalue weighted by Gasteiger charge is -2.38. The summed E-state index contributed by atoms with van der Waals surface area (Å²) in [4.78, 5) is 16.6. The predicted octanol–water partition coefficient (Wildman–Crippen LogP) is 0.641. The van der Waals surface area contributed by atoms with Gasteiger partial charge in [0.25, 0.3) is 5.91 Å². The van der Waals surface area contributed by atoms with Crippen molar-refractivity contribution in [1.29, 1.82) is 0 Å². The van der Waals surface area contributed by atoms with E-state index in [2.05, 4.69) is 4.90 Å². The van der Waals surface area contributed by atoms with Crippen molar-refractivity contribution < 1.29 is 17.9 Å². The molecule has 1 aromatic rings. The second-order valence-electron chi connectivity index (χ2n) is 6.14. The number of fused-ring (bicyclic) bond motifs is 1. The Morgan fingerprint density at radius 3 is 2.54 bits per heavy atom. The summed E-state index contributed by atoms with van der Waals surface area (Å²) in [7, 11) is -1.54. The van der Waals surface area contributed by atoms with E-state index in [4.69, 9.17) is 16.3 Å². The van der Waals surface area contributed by atoms with Crippen LogP contribution in [0.25, 0.3) is 0 Å². The molecule has 7 nitrogen and oxygen atoms in total. The van der Waals surface area contributed by atoms with Crippen LogP contribution in [0.4, 0.5) is 5.69 Å². The van der Waals surface area contributed by atoms with Gasteiger partial charge in [0.1, 0.15) is 5.75 Å². The number of anilines is 1. The van der Waals surface area contributed by atoms with Crippen LogP contribution in [0.5, 0.6) is 5.75 Å². The molecular formula is C15H20ClN3O4S. The minimum atomic E-state index is -3.55. The highest BCUT2D eigenvalue weighted by Gasteiger charge is 2.37. The standard InChI is InChI=1S/C15H20ClN3O4S/c1-17-5-7-18(8-6-17)15(20)14-10-19(24(2,21)22)12-9-11(16)3-4-13(12)23-14/h3-4,9,14H,5-8,10H2,1-2H3/t14-/m0/s1. The van der Waals surface area contributed by atoms with Crippen LogP contribution in [0.15, 0.2) is 18.2 Å². The first-order valence-electron chi connectivity index (χ1n) is 7.67. The molecule has 0 aromatic heterocycles. The highest BCUT2D eigenvalue weighted by atomic mass is 35.5. The minimum absolute atomic E-state index is 0.0443. The summed E-state index contributed by atoms with van der Waals surface area (Å²) in [6.45, 7) is 2.77. The van der Waals surface area contributed by atoms with E-state index in [-0.39, 0.29) is 12.5 Å². The number of amides is 1. The lowest BCUT2D eigenvalue weighted by atomic mass is 10.2. The number of hydrogen-bond donors (Lipinski definition) is 0. The monoisotopic (exact) mass is 373 g/mol. The Morgan fingerprint density at radius 1 is 1.25 bits per heavy atom. The molecule has 1 fully saturated rings. The number of halogens is 1. The van der Waals surface area contributed by atoms with E-state index in [1.54, 1.807) is 17.0 Å². The molecule has 2 aliphatic heterocycles. The largest absolute Gasteiger partial charge is 0.476 e. The fourth-order valence-corrected chi connectivity index (χ4v) is 3.97. The number of nitrogens with zero attached hydrogens (tertiary/aromatic N) is 3. The van der Waals surface area contributed by atoms with Gasteiger partial charge in [0, 0.05) is 31.2 Å². The number of hydrogen-bond acceptors (Lipinski definition) is 5. The molecule has 0 spiro atoms. The fraction of sp³-hybridized carbons (Fsp3) is 0.533. The van der Waals surface area contributed by atoms with E-state index in [0.717, 1.165) is 19.3 Å². The van der Waals surface area contributed by atoms with Gasteiger partial charge in [-0.2, -0.15) is 0 Å². The minimum Gasteiger partial charge on any atom is -0.476 e. The molecule has 2 aliphatic rings. The zero-order chi connectivity index (χ0) is 17.5. The average molecular weight is 374 g/mol. The molecule has 1 amide bonds. The van der Waals surface area contributed by atoms with Crippen LogP contribution in [0.1, 0.15) is 0 Å². The number of carbonyl (C=O) groups is 1. The smallest absolute Gasteiger partial charge is 0.265 e. The second-order valence-corrected chi connectivity index (χ2v) is 8.48. The van der Waals surface area contributed by atoms with E-state index in [9.17, 15) is 13.2 Å². The van der Waals surface area contributed by atoms with Crippen LogP contribution in [0, 0.1) is 0 Å². The molecule has 0 N–H and O–H groups in total. The summed E-state index contributed by atoms with van der Waals surface area (Å²) >= 11 is 5.97. The van der Waals surface area contributed by atoms with Crippen LogP contribution in [0.2, 0.25) is 5.02 Å². The summed E-state index contributed by atoms with van der Waals surface area (Å²) in [6, 6.07) is 4.75. The Labute approximate surface area is 146 Å². The maximum atomic E-state index is 12.7. The molecule has 0 aliphatic carbocycles. The molecule has 132 valence electrons. The van der Waals surface area contributed by atoms with Gasteiger partial charge >= 0.3 is 0 Å². The molecular weight excluding hydrogens is 354 g/mol. The first-order chi connectivity index (χ1) is 11.3. The summed E-state index contributed by atoms with van der Waals surface area (Å²) in [5.74, 6) is 0.168. The van der Waals surface area contributed by atoms with Gasteiger partial charge in [-0.1, -0.05) is 11.6 Å². The summed E-state index contributed by atoms with van der Waals surface area (Å²) in [6.07, 6.45) is 0.261. The van der Waals surface area contributed by atoms with Crippen LogP contribution < -0.4 is 9.04 Å². The molecule has 0 saturated carbocycles. The van der Waals surface area contributed by atoms with Crippen molar-refractivity contribution >= 4 is 33.2 Å². The van der Waals surface area contributed by atoms with Crippen molar-refractivity contribution in [1.82, 2.24) is 9.80 Å². The van der Waals surface area contributed by atoms with E-state index >= 15 is 0 Å². The van der Waals surface area contributed by atoms with Gasteiger partial charge in [-0.3, -0.25) is 9.10 Å². The maximum absolute atomic E-state index is 12.7. The Bertz CT molecular complexity index is 747. The predicted molar refractivity (Wildman–Crippen MR) is 92.1 cm³/mol. The second kappa shape index (κ2) is 6.42. The van der Waals surface area contributed by atoms with Gasteiger partial charge in [-0.15, -0.1) is 0 Å². The normalized spacial score (nSPS) is 22.0. The van der Waals surface area contributed by atoms with Gasteiger partial charge in [0.2, 0.25) is 10.0 Å². The number of piperazine rings is 1. The van der Waals surface area contributed by atoms with Gasteiger partial charge in [0.05, 0.1) is 18.5 Å². The Hall–Kier alpha value is -1.51. The molecule has 1 atom stereocenters. The Morgan fingerprint density at radius 2 is 1.92 bits per heavy atom. The van der Waals surface area contributed by atoms with Gasteiger partial charge in [0.15, 0.2) is 6.10 Å². The zero-order valence-corrected chi connectivity index (χ0v) is 15.2. The van der Waals surface area contributed by atoms with E-state index in [0.29, 0.717) is 29.5 Å². The van der Waals surface area contributed by atoms with Crippen molar-refractivity contribution in [3.05, 3.63) is 23.2 Å². The number of benzene rings is 1. The quantitative estimate of drug-likeness (QED) is 0.761. The van der Waals surface area contributed by atoms with Crippen molar-refractivity contribution in [2.24, 2.45) is 0 Å². The molecule has 0 radical (unpaired) electrons. The van der Waals surface area contributed by atoms with Crippen LogP contribution in [-0.4, -0.2) is 76.3 Å². The van der Waals surface area contributed by atoms with E-state index in [1.165, 1.54) is 10.4 Å². The lowest BCUT2D eigenvalue weighted by molar-refractivity contribution is -0.140. The van der Waals surface area contributed by atoms with Crippen molar-refractivity contribution in [3.63, 3.8) is 0 Å². The summed E-state index contributed by atoms with van der Waals surface area (Å²) in [5.41, 5.74) is 0.368. The average Bonchev–Trinajstić information content (AvgIpc) is 2.53. The highest BCUT2D eigenvalue weighted by Crippen LogP contribution is 2.37. The number of sulfonamides is 1. The van der Waals surface area contributed by atoms with Gasteiger partial charge in [-0.25, -0.2) is 8.42 Å². The number of rotatable bonds is 2. The summed E-state index contributed by atoms with van der Waals surface area (Å²) in [5, 5.41) is 0.412. The van der Waals surface area contributed by atoms with Crippen LogP contribution >= 0.6 is 11.6 Å². The molecule has 0 bridgehead atoms. The van der Waals surface area contributed by atoms with E-state index in [1.807, 2.05) is 7.05 Å². The Balaban J connectivity index is 1.87. The fourth-order valence-electron chi connectivity index (χ4n) is 2.90. The third kappa shape index (κ3) is 3.45. The molecule has 24 heavy (non-hydrogen) atoms. The first-order valence-corrected chi connectivity index (χ1v) is 9.89. The highest BCUT2D eigenvalue weighted by molar-refractivity contribution is 7.92. The summed E-state index contributed by atoms with van der Waals surface area (Å²) < 4.78 is 31.3. The zero-order valence-electron chi connectivity index (χ0n) is 13.6. The molecule has 1 saturated heterocycles. The van der Waals surface area contributed by atoms with Gasteiger partial charge in [-0.05, 0) is 25.2 Å². The van der Waals surface area contributed by atoms with E-state index < -0.39 is 16.1 Å². The molecule has 0 unspecified atom stereocenters. The van der Waals surface area contributed by atoms with Crippen molar-refractivity contribution in [2.75, 3.05) is 50.3 Å². The van der Waals surface area contributed by atoms with Crippen molar-refractivity contribution in [2.45, 2.75) is 6.10 Å². The van der Waals surface area contributed by atoms with Crippen LogP contribution in [0.3, 0.4) is 0 Å². The number of likely N-dealkylation sites (N-methyl/N-ethyl adjacent to an activating group) is 1. The van der Waals surface area contributed by atoms with Crippen LogP contribution in [-0.2, 0) is 14.8 Å². The SMILES string of the molecule is CN1CCN(C(=O)[C@@H]2CN(S(C)(=O)=O)c3cc(Cl)ccc3O2)CC1. The first kappa shape index (κ1) is 17.3. The van der Waals surface area contributed by atoms with Gasteiger partial charge < -0.3 is 14.5 Å². The third-order valence-corrected chi connectivity index (χ3v) is 5.66. The molecule has 2 heterocycles. The molecule has 3 rings (SSSR count). The Kier molecular flexibility index (Phi) is 4.63. The number of carbonyl (C=O) groups excluding carboxylic acids is 1. The van der Waals surface area contributed by atoms with Crippen molar-refractivity contribution in [3.8, 4) is 5.75 Å². The molecule has 1 aromatic carbocycles. The lowest BCUT2D eigenvalue weighted by Crippen LogP contribution is -2.55. The number of ether oxygens (including phenoxy) is 1.